The molecule has 1 heterocycles. The summed E-state index contributed by atoms with van der Waals surface area (Å²) >= 11 is 0. The number of carbonyl (C=O) groups excluding carboxylic acids is 1. The van der Waals surface area contributed by atoms with Crippen LogP contribution < -0.4 is 5.32 Å². The molecule has 0 bridgehead atoms. The Labute approximate surface area is 128 Å². The van der Waals surface area contributed by atoms with E-state index < -0.39 is 0 Å². The zero-order valence-corrected chi connectivity index (χ0v) is 13.3. The number of hydrogen-bond acceptors (Lipinski definition) is 2. The molecule has 114 valence electrons. The van der Waals surface area contributed by atoms with E-state index in [0.29, 0.717) is 12.0 Å². The van der Waals surface area contributed by atoms with Gasteiger partial charge in [-0.15, -0.1) is 0 Å². The van der Waals surface area contributed by atoms with Crippen molar-refractivity contribution in [1.29, 1.82) is 0 Å². The lowest BCUT2D eigenvalue weighted by atomic mass is 10.0. The Kier molecular flexibility index (Phi) is 5.57. The Morgan fingerprint density at radius 1 is 1.24 bits per heavy atom. The monoisotopic (exact) mass is 286 g/mol. The van der Waals surface area contributed by atoms with E-state index in [1.165, 1.54) is 0 Å². The van der Waals surface area contributed by atoms with Gasteiger partial charge in [0.2, 0.25) is 0 Å². The van der Waals surface area contributed by atoms with E-state index in [0.717, 1.165) is 37.1 Å². The lowest BCUT2D eigenvalue weighted by Gasteiger charge is -2.29. The average Bonchev–Trinajstić information content (AvgIpc) is 2.48. The van der Waals surface area contributed by atoms with Gasteiger partial charge >= 0.3 is 0 Å². The first-order chi connectivity index (χ1) is 10.0. The lowest BCUT2D eigenvalue weighted by Crippen LogP contribution is -2.43. The Morgan fingerprint density at radius 2 is 1.86 bits per heavy atom. The van der Waals surface area contributed by atoms with Crippen LogP contribution in [0.25, 0.3) is 6.08 Å². The predicted octanol–water partition coefficient (Wildman–Crippen LogP) is 3.18. The maximum Gasteiger partial charge on any atom is 0.251 e. The summed E-state index contributed by atoms with van der Waals surface area (Å²) in [5.41, 5.74) is 1.88. The minimum Gasteiger partial charge on any atom is -0.349 e. The summed E-state index contributed by atoms with van der Waals surface area (Å²) in [6, 6.07) is 8.13. The summed E-state index contributed by atoms with van der Waals surface area (Å²) < 4.78 is 0. The van der Waals surface area contributed by atoms with Crippen LogP contribution in [0.1, 0.15) is 42.6 Å². The highest BCUT2D eigenvalue weighted by Crippen LogP contribution is 2.11. The number of carbonyl (C=O) groups is 1. The molecule has 1 saturated heterocycles. The SMILES string of the molecule is CC(C)C=Cc1ccc(C(=O)NC2CCN(C)CC2)cc1. The van der Waals surface area contributed by atoms with Gasteiger partial charge in [0.1, 0.15) is 0 Å². The molecule has 1 fully saturated rings. The van der Waals surface area contributed by atoms with E-state index in [2.05, 4.69) is 43.3 Å². The van der Waals surface area contributed by atoms with E-state index in [1.54, 1.807) is 0 Å². The van der Waals surface area contributed by atoms with Crippen molar-refractivity contribution >= 4 is 12.0 Å². The molecule has 1 aliphatic heterocycles. The topological polar surface area (TPSA) is 32.3 Å². The number of hydrogen-bond donors (Lipinski definition) is 1. The molecular weight excluding hydrogens is 260 g/mol. The maximum atomic E-state index is 12.2. The van der Waals surface area contributed by atoms with Crippen molar-refractivity contribution in [2.45, 2.75) is 32.7 Å². The van der Waals surface area contributed by atoms with Crippen LogP contribution in [-0.4, -0.2) is 37.0 Å². The van der Waals surface area contributed by atoms with E-state index in [9.17, 15) is 4.79 Å². The molecule has 2 rings (SSSR count). The first kappa shape index (κ1) is 15.8. The average molecular weight is 286 g/mol. The number of likely N-dealkylation sites (tertiary alicyclic amines) is 1. The van der Waals surface area contributed by atoms with Crippen LogP contribution in [0, 0.1) is 5.92 Å². The zero-order chi connectivity index (χ0) is 15.2. The molecule has 0 unspecified atom stereocenters. The van der Waals surface area contributed by atoms with Crippen molar-refractivity contribution in [2.75, 3.05) is 20.1 Å². The number of nitrogens with one attached hydrogen (secondary N) is 1. The Balaban J connectivity index is 1.90. The molecule has 21 heavy (non-hydrogen) atoms. The zero-order valence-electron chi connectivity index (χ0n) is 13.3. The van der Waals surface area contributed by atoms with Gasteiger partial charge in [-0.05, 0) is 56.6 Å². The first-order valence-corrected chi connectivity index (χ1v) is 7.82. The largest absolute Gasteiger partial charge is 0.349 e. The number of allylic oxidation sites excluding steroid dienone is 1. The van der Waals surface area contributed by atoms with Crippen molar-refractivity contribution < 1.29 is 4.79 Å². The smallest absolute Gasteiger partial charge is 0.251 e. The van der Waals surface area contributed by atoms with Gasteiger partial charge in [0.05, 0.1) is 0 Å². The van der Waals surface area contributed by atoms with Gasteiger partial charge in [0.25, 0.3) is 5.91 Å². The van der Waals surface area contributed by atoms with Crippen LogP contribution in [-0.2, 0) is 0 Å². The second-order valence-corrected chi connectivity index (χ2v) is 6.28. The fraction of sp³-hybridized carbons (Fsp3) is 0.500. The van der Waals surface area contributed by atoms with Gasteiger partial charge < -0.3 is 10.2 Å². The van der Waals surface area contributed by atoms with Crippen LogP contribution in [0.5, 0.6) is 0 Å². The summed E-state index contributed by atoms with van der Waals surface area (Å²) in [5.74, 6) is 0.585. The van der Waals surface area contributed by atoms with Crippen molar-refractivity contribution in [3.63, 3.8) is 0 Å². The predicted molar refractivity (Wildman–Crippen MR) is 88.3 cm³/mol. The number of piperidine rings is 1. The summed E-state index contributed by atoms with van der Waals surface area (Å²) in [7, 11) is 2.13. The molecule has 1 aromatic rings. The van der Waals surface area contributed by atoms with Gasteiger partial charge in [-0.1, -0.05) is 38.1 Å². The van der Waals surface area contributed by atoms with Crippen molar-refractivity contribution in [3.05, 3.63) is 41.5 Å². The van der Waals surface area contributed by atoms with Gasteiger partial charge in [0.15, 0.2) is 0 Å². The highest BCUT2D eigenvalue weighted by Gasteiger charge is 2.18. The van der Waals surface area contributed by atoms with Gasteiger partial charge in [-0.25, -0.2) is 0 Å². The second kappa shape index (κ2) is 7.41. The van der Waals surface area contributed by atoms with E-state index in [1.807, 2.05) is 24.3 Å². The normalized spacial score (nSPS) is 17.5. The van der Waals surface area contributed by atoms with Gasteiger partial charge in [-0.2, -0.15) is 0 Å². The number of rotatable bonds is 4. The third-order valence-corrected chi connectivity index (χ3v) is 3.90. The molecule has 0 spiro atoms. The molecule has 0 atom stereocenters. The lowest BCUT2D eigenvalue weighted by molar-refractivity contribution is 0.0917. The molecule has 3 heteroatoms. The van der Waals surface area contributed by atoms with Crippen LogP contribution in [0.2, 0.25) is 0 Å². The number of benzene rings is 1. The maximum absolute atomic E-state index is 12.2. The number of amides is 1. The van der Waals surface area contributed by atoms with Crippen LogP contribution in [0.15, 0.2) is 30.3 Å². The third-order valence-electron chi connectivity index (χ3n) is 3.90. The standard InChI is InChI=1S/C18H26N2O/c1-14(2)4-5-15-6-8-16(9-7-15)18(21)19-17-10-12-20(3)13-11-17/h4-9,14,17H,10-13H2,1-3H3,(H,19,21). The molecule has 1 amide bonds. The molecule has 1 N–H and O–H groups in total. The van der Waals surface area contributed by atoms with E-state index in [4.69, 9.17) is 0 Å². The molecule has 0 aliphatic carbocycles. The molecule has 1 aliphatic rings. The van der Waals surface area contributed by atoms with Crippen molar-refractivity contribution in [3.8, 4) is 0 Å². The summed E-state index contributed by atoms with van der Waals surface area (Å²) in [4.78, 5) is 14.5. The summed E-state index contributed by atoms with van der Waals surface area (Å²) in [5, 5.41) is 3.14. The molecule has 0 radical (unpaired) electrons. The van der Waals surface area contributed by atoms with Gasteiger partial charge in [0, 0.05) is 11.6 Å². The first-order valence-electron chi connectivity index (χ1n) is 7.82. The molecular formula is C18H26N2O. The van der Waals surface area contributed by atoms with E-state index >= 15 is 0 Å². The molecule has 0 saturated carbocycles. The second-order valence-electron chi connectivity index (χ2n) is 6.28. The fourth-order valence-corrected chi connectivity index (χ4v) is 2.47. The Hall–Kier alpha value is -1.61. The van der Waals surface area contributed by atoms with E-state index in [-0.39, 0.29) is 5.91 Å². The summed E-state index contributed by atoms with van der Waals surface area (Å²) in [6.45, 7) is 6.42. The minimum atomic E-state index is 0.0453. The minimum absolute atomic E-state index is 0.0453. The summed E-state index contributed by atoms with van der Waals surface area (Å²) in [6.07, 6.45) is 6.34. The highest BCUT2D eigenvalue weighted by atomic mass is 16.1. The van der Waals surface area contributed by atoms with Gasteiger partial charge in [-0.3, -0.25) is 4.79 Å². The third kappa shape index (κ3) is 5.01. The Bertz CT molecular complexity index is 482. The van der Waals surface area contributed by atoms with Crippen molar-refractivity contribution in [1.82, 2.24) is 10.2 Å². The molecule has 1 aromatic carbocycles. The van der Waals surface area contributed by atoms with Crippen LogP contribution >= 0.6 is 0 Å². The number of nitrogens with zero attached hydrogens (tertiary/aromatic N) is 1. The fourth-order valence-electron chi connectivity index (χ4n) is 2.47. The van der Waals surface area contributed by atoms with Crippen molar-refractivity contribution in [2.24, 2.45) is 5.92 Å². The Morgan fingerprint density at radius 3 is 2.43 bits per heavy atom. The molecule has 0 aromatic heterocycles. The highest BCUT2D eigenvalue weighted by molar-refractivity contribution is 5.94. The quantitative estimate of drug-likeness (QED) is 0.922. The van der Waals surface area contributed by atoms with Crippen LogP contribution in [0.4, 0.5) is 0 Å². The van der Waals surface area contributed by atoms with Crippen LogP contribution in [0.3, 0.4) is 0 Å². The molecule has 3 nitrogen and oxygen atoms in total.